The minimum absolute atomic E-state index is 0.303. The zero-order valence-electron chi connectivity index (χ0n) is 8.05. The standard InChI is InChI=1S/C9H13IN2O2/c1-2-3-4-5-12-6-7(10)8(13)11-9(12)14/h6H,2-5H2,1H3,(H,11,13,14). The van der Waals surface area contributed by atoms with Crippen LogP contribution in [0.2, 0.25) is 0 Å². The first-order chi connectivity index (χ1) is 6.65. The lowest BCUT2D eigenvalue weighted by atomic mass is 10.2. The second kappa shape index (κ2) is 5.33. The number of aromatic amines is 1. The van der Waals surface area contributed by atoms with Crippen molar-refractivity contribution in [3.63, 3.8) is 0 Å². The van der Waals surface area contributed by atoms with Crippen LogP contribution in [0.15, 0.2) is 15.8 Å². The summed E-state index contributed by atoms with van der Waals surface area (Å²) in [6.45, 7) is 2.79. The molecule has 1 heterocycles. The molecule has 0 amide bonds. The van der Waals surface area contributed by atoms with Crippen LogP contribution in [0.5, 0.6) is 0 Å². The Morgan fingerprint density at radius 2 is 2.14 bits per heavy atom. The van der Waals surface area contributed by atoms with Crippen LogP contribution >= 0.6 is 22.6 Å². The molecule has 0 saturated carbocycles. The third-order valence-electron chi connectivity index (χ3n) is 1.97. The smallest absolute Gasteiger partial charge is 0.300 e. The number of aryl methyl sites for hydroxylation is 1. The van der Waals surface area contributed by atoms with E-state index in [0.29, 0.717) is 10.1 Å². The average Bonchev–Trinajstić information content (AvgIpc) is 2.14. The minimum atomic E-state index is -0.313. The Kier molecular flexibility index (Phi) is 4.37. The lowest BCUT2D eigenvalue weighted by molar-refractivity contribution is 0.573. The Hall–Kier alpha value is -0.590. The number of rotatable bonds is 4. The van der Waals surface area contributed by atoms with Gasteiger partial charge in [0.2, 0.25) is 0 Å². The maximum Gasteiger partial charge on any atom is 0.328 e. The quantitative estimate of drug-likeness (QED) is 0.674. The molecule has 78 valence electrons. The summed E-state index contributed by atoms with van der Waals surface area (Å²) < 4.78 is 2.11. The van der Waals surface area contributed by atoms with Crippen molar-refractivity contribution in [2.75, 3.05) is 0 Å². The lowest BCUT2D eigenvalue weighted by Gasteiger charge is -2.03. The van der Waals surface area contributed by atoms with Crippen LogP contribution in [0, 0.1) is 3.57 Å². The van der Waals surface area contributed by atoms with Crippen LogP contribution in [-0.2, 0) is 6.54 Å². The first kappa shape index (κ1) is 11.5. The van der Waals surface area contributed by atoms with E-state index in [2.05, 4.69) is 11.9 Å². The monoisotopic (exact) mass is 308 g/mol. The van der Waals surface area contributed by atoms with Crippen molar-refractivity contribution in [2.24, 2.45) is 0 Å². The van der Waals surface area contributed by atoms with Crippen molar-refractivity contribution >= 4 is 22.6 Å². The van der Waals surface area contributed by atoms with E-state index in [0.717, 1.165) is 19.3 Å². The molecule has 0 aliphatic carbocycles. The van der Waals surface area contributed by atoms with E-state index in [9.17, 15) is 9.59 Å². The van der Waals surface area contributed by atoms with Crippen LogP contribution in [-0.4, -0.2) is 9.55 Å². The fourth-order valence-electron chi connectivity index (χ4n) is 1.18. The van der Waals surface area contributed by atoms with Gasteiger partial charge in [0.15, 0.2) is 0 Å². The number of hydrogen-bond acceptors (Lipinski definition) is 2. The van der Waals surface area contributed by atoms with Gasteiger partial charge < -0.3 is 0 Å². The van der Waals surface area contributed by atoms with E-state index in [4.69, 9.17) is 0 Å². The van der Waals surface area contributed by atoms with Crippen LogP contribution < -0.4 is 11.2 Å². The molecule has 0 fully saturated rings. The molecule has 0 aliphatic rings. The summed E-state index contributed by atoms with van der Waals surface area (Å²) in [4.78, 5) is 24.6. The fraction of sp³-hybridized carbons (Fsp3) is 0.556. The maximum atomic E-state index is 11.3. The molecule has 5 heteroatoms. The number of hydrogen-bond donors (Lipinski definition) is 1. The predicted molar refractivity (Wildman–Crippen MR) is 63.6 cm³/mol. The molecule has 0 atom stereocenters. The van der Waals surface area contributed by atoms with E-state index in [1.165, 1.54) is 0 Å². The molecule has 0 saturated heterocycles. The summed E-state index contributed by atoms with van der Waals surface area (Å²) in [5, 5.41) is 0. The maximum absolute atomic E-state index is 11.3. The number of H-pyrrole nitrogens is 1. The van der Waals surface area contributed by atoms with Crippen LogP contribution in [0.3, 0.4) is 0 Å². The van der Waals surface area contributed by atoms with Crippen molar-refractivity contribution in [3.8, 4) is 0 Å². The third kappa shape index (κ3) is 2.97. The summed E-state index contributed by atoms with van der Waals surface area (Å²) in [6.07, 6.45) is 4.80. The Balaban J connectivity index is 2.82. The van der Waals surface area contributed by atoms with Gasteiger partial charge in [-0.1, -0.05) is 19.8 Å². The number of unbranched alkanes of at least 4 members (excludes halogenated alkanes) is 2. The molecular formula is C9H13IN2O2. The molecule has 0 bridgehead atoms. The van der Waals surface area contributed by atoms with E-state index in [-0.39, 0.29) is 11.2 Å². The molecule has 1 N–H and O–H groups in total. The molecule has 0 aromatic carbocycles. The predicted octanol–water partition coefficient (Wildman–Crippen LogP) is 1.33. The number of nitrogens with zero attached hydrogens (tertiary/aromatic N) is 1. The molecule has 0 radical (unpaired) electrons. The van der Waals surface area contributed by atoms with Crippen molar-refractivity contribution < 1.29 is 0 Å². The highest BCUT2D eigenvalue weighted by molar-refractivity contribution is 14.1. The average molecular weight is 308 g/mol. The van der Waals surface area contributed by atoms with E-state index in [1.807, 2.05) is 22.6 Å². The summed E-state index contributed by atoms with van der Waals surface area (Å²) in [6, 6.07) is 0. The summed E-state index contributed by atoms with van der Waals surface area (Å²) in [5.41, 5.74) is -0.617. The Morgan fingerprint density at radius 1 is 1.43 bits per heavy atom. The zero-order valence-corrected chi connectivity index (χ0v) is 10.2. The lowest BCUT2D eigenvalue weighted by Crippen LogP contribution is -2.30. The van der Waals surface area contributed by atoms with E-state index < -0.39 is 0 Å². The van der Waals surface area contributed by atoms with Gasteiger partial charge >= 0.3 is 5.69 Å². The van der Waals surface area contributed by atoms with Crippen molar-refractivity contribution in [2.45, 2.75) is 32.7 Å². The topological polar surface area (TPSA) is 54.9 Å². The largest absolute Gasteiger partial charge is 0.328 e. The van der Waals surface area contributed by atoms with Crippen molar-refractivity contribution in [3.05, 3.63) is 30.6 Å². The fourth-order valence-corrected chi connectivity index (χ4v) is 1.65. The molecule has 4 nitrogen and oxygen atoms in total. The molecular weight excluding hydrogens is 295 g/mol. The summed E-state index contributed by atoms with van der Waals surface area (Å²) in [7, 11) is 0. The molecule has 0 aliphatic heterocycles. The van der Waals surface area contributed by atoms with Gasteiger partial charge in [-0.25, -0.2) is 4.79 Å². The SMILES string of the molecule is CCCCCn1cc(I)c(=O)[nH]c1=O. The van der Waals surface area contributed by atoms with Gasteiger partial charge in [0.05, 0.1) is 3.57 Å². The summed E-state index contributed by atoms with van der Waals surface area (Å²) >= 11 is 1.92. The van der Waals surface area contributed by atoms with Crippen LogP contribution in [0.1, 0.15) is 26.2 Å². The second-order valence-corrected chi connectivity index (χ2v) is 4.30. The second-order valence-electron chi connectivity index (χ2n) is 3.14. The van der Waals surface area contributed by atoms with Gasteiger partial charge in [0.1, 0.15) is 0 Å². The van der Waals surface area contributed by atoms with E-state index >= 15 is 0 Å². The highest BCUT2D eigenvalue weighted by Crippen LogP contribution is 1.98. The molecule has 0 spiro atoms. The van der Waals surface area contributed by atoms with Crippen LogP contribution in [0.25, 0.3) is 0 Å². The highest BCUT2D eigenvalue weighted by atomic mass is 127. The minimum Gasteiger partial charge on any atom is -0.300 e. The molecule has 1 aromatic rings. The van der Waals surface area contributed by atoms with Crippen LogP contribution in [0.4, 0.5) is 0 Å². The van der Waals surface area contributed by atoms with Crippen molar-refractivity contribution in [1.82, 2.24) is 9.55 Å². The zero-order chi connectivity index (χ0) is 10.6. The molecule has 14 heavy (non-hydrogen) atoms. The van der Waals surface area contributed by atoms with E-state index in [1.54, 1.807) is 10.8 Å². The molecule has 1 rings (SSSR count). The first-order valence-corrected chi connectivity index (χ1v) is 5.72. The normalized spacial score (nSPS) is 10.4. The molecule has 1 aromatic heterocycles. The Bertz CT molecular complexity index is 408. The summed E-state index contributed by atoms with van der Waals surface area (Å²) in [5.74, 6) is 0. The van der Waals surface area contributed by atoms with Gasteiger partial charge in [-0.2, -0.15) is 0 Å². The third-order valence-corrected chi connectivity index (χ3v) is 2.74. The van der Waals surface area contributed by atoms with Crippen molar-refractivity contribution in [1.29, 1.82) is 0 Å². The van der Waals surface area contributed by atoms with Gasteiger partial charge in [-0.05, 0) is 29.0 Å². The van der Waals surface area contributed by atoms with Gasteiger partial charge in [-0.15, -0.1) is 0 Å². The Morgan fingerprint density at radius 3 is 2.79 bits per heavy atom. The number of aromatic nitrogens is 2. The highest BCUT2D eigenvalue weighted by Gasteiger charge is 2.00. The van der Waals surface area contributed by atoms with Gasteiger partial charge in [0.25, 0.3) is 5.56 Å². The molecule has 0 unspecified atom stereocenters. The first-order valence-electron chi connectivity index (χ1n) is 4.64. The van der Waals surface area contributed by atoms with Gasteiger partial charge in [-0.3, -0.25) is 14.3 Å². The van der Waals surface area contributed by atoms with Gasteiger partial charge in [0, 0.05) is 12.7 Å². The number of halogens is 1. The Labute approximate surface area is 95.5 Å². The number of nitrogens with one attached hydrogen (secondary N) is 1.